The number of nitrogens with two attached hydrogens (primary N) is 1. The van der Waals surface area contributed by atoms with Gasteiger partial charge in [0.05, 0.1) is 0 Å². The summed E-state index contributed by atoms with van der Waals surface area (Å²) in [7, 11) is 0. The first-order valence-corrected chi connectivity index (χ1v) is 7.60. The molecular formula is C17H28N2. The van der Waals surface area contributed by atoms with Crippen LogP contribution < -0.4 is 5.73 Å². The molecule has 0 aromatic heterocycles. The van der Waals surface area contributed by atoms with Gasteiger partial charge in [-0.2, -0.15) is 0 Å². The van der Waals surface area contributed by atoms with Gasteiger partial charge < -0.3 is 10.6 Å². The summed E-state index contributed by atoms with van der Waals surface area (Å²) in [6.45, 7) is 8.39. The van der Waals surface area contributed by atoms with E-state index in [0.29, 0.717) is 5.41 Å². The Balaban J connectivity index is 1.79. The molecule has 1 fully saturated rings. The van der Waals surface area contributed by atoms with Gasteiger partial charge in [0.15, 0.2) is 0 Å². The standard InChI is InChI=1S/C17H28N2/c1-17(2)10-6-12-19(14-11-17)13-9-16(18)15-7-4-3-5-8-15/h3-5,7-8,16H,6,9-14,18H2,1-2H3. The van der Waals surface area contributed by atoms with Crippen molar-refractivity contribution in [1.29, 1.82) is 0 Å². The molecule has 0 amide bonds. The molecule has 0 bridgehead atoms. The Morgan fingerprint density at radius 1 is 1.16 bits per heavy atom. The molecule has 1 aromatic carbocycles. The Morgan fingerprint density at radius 3 is 2.63 bits per heavy atom. The van der Waals surface area contributed by atoms with Gasteiger partial charge in [-0.1, -0.05) is 44.2 Å². The van der Waals surface area contributed by atoms with Crippen molar-refractivity contribution in [1.82, 2.24) is 4.90 Å². The lowest BCUT2D eigenvalue weighted by Crippen LogP contribution is -2.29. The average Bonchev–Trinajstić information content (AvgIpc) is 2.58. The highest BCUT2D eigenvalue weighted by Gasteiger charge is 2.23. The van der Waals surface area contributed by atoms with Crippen LogP contribution in [0.25, 0.3) is 0 Å². The van der Waals surface area contributed by atoms with Gasteiger partial charge in [-0.25, -0.2) is 0 Å². The second kappa shape index (κ2) is 6.53. The van der Waals surface area contributed by atoms with Gasteiger partial charge in [-0.15, -0.1) is 0 Å². The molecule has 1 heterocycles. The smallest absolute Gasteiger partial charge is 0.0307 e. The Morgan fingerprint density at radius 2 is 1.89 bits per heavy atom. The molecule has 0 aliphatic carbocycles. The van der Waals surface area contributed by atoms with Crippen molar-refractivity contribution >= 4 is 0 Å². The van der Waals surface area contributed by atoms with E-state index in [1.54, 1.807) is 0 Å². The van der Waals surface area contributed by atoms with Crippen LogP contribution in [0.15, 0.2) is 30.3 Å². The first-order valence-electron chi connectivity index (χ1n) is 7.60. The summed E-state index contributed by atoms with van der Waals surface area (Å²) in [5.41, 5.74) is 8.06. The highest BCUT2D eigenvalue weighted by molar-refractivity contribution is 5.18. The SMILES string of the molecule is CC1(C)CCCN(CCC(N)c2ccccc2)CC1. The topological polar surface area (TPSA) is 29.3 Å². The molecule has 1 aliphatic rings. The van der Waals surface area contributed by atoms with Gasteiger partial charge in [0.1, 0.15) is 0 Å². The third-order valence-electron chi connectivity index (χ3n) is 4.42. The minimum atomic E-state index is 0.178. The second-order valence-electron chi connectivity index (χ2n) is 6.67. The van der Waals surface area contributed by atoms with E-state index in [-0.39, 0.29) is 6.04 Å². The van der Waals surface area contributed by atoms with Crippen LogP contribution in [0.1, 0.15) is 51.1 Å². The van der Waals surface area contributed by atoms with E-state index in [2.05, 4.69) is 43.0 Å². The first-order chi connectivity index (χ1) is 9.07. The van der Waals surface area contributed by atoms with Gasteiger partial charge in [-0.3, -0.25) is 0 Å². The van der Waals surface area contributed by atoms with Gasteiger partial charge in [0, 0.05) is 6.04 Å². The van der Waals surface area contributed by atoms with Crippen LogP contribution in [-0.4, -0.2) is 24.5 Å². The monoisotopic (exact) mass is 260 g/mol. The zero-order valence-corrected chi connectivity index (χ0v) is 12.4. The third kappa shape index (κ3) is 4.63. The molecule has 0 saturated carbocycles. The summed E-state index contributed by atoms with van der Waals surface area (Å²) in [5.74, 6) is 0. The van der Waals surface area contributed by atoms with Gasteiger partial charge in [0.2, 0.25) is 0 Å². The van der Waals surface area contributed by atoms with Crippen LogP contribution in [0.4, 0.5) is 0 Å². The maximum Gasteiger partial charge on any atom is 0.0307 e. The summed E-state index contributed by atoms with van der Waals surface area (Å²) in [6.07, 6.45) is 5.06. The Kier molecular flexibility index (Phi) is 5.00. The number of likely N-dealkylation sites (tertiary alicyclic amines) is 1. The third-order valence-corrected chi connectivity index (χ3v) is 4.42. The molecule has 2 N–H and O–H groups in total. The van der Waals surface area contributed by atoms with E-state index in [1.165, 1.54) is 37.9 Å². The Bertz CT molecular complexity index is 372. The van der Waals surface area contributed by atoms with E-state index < -0.39 is 0 Å². The molecule has 2 heteroatoms. The van der Waals surface area contributed by atoms with E-state index in [0.717, 1.165) is 13.0 Å². The van der Waals surface area contributed by atoms with Crippen LogP contribution in [-0.2, 0) is 0 Å². The molecule has 106 valence electrons. The zero-order valence-electron chi connectivity index (χ0n) is 12.4. The second-order valence-corrected chi connectivity index (χ2v) is 6.67. The van der Waals surface area contributed by atoms with Crippen LogP contribution in [0, 0.1) is 5.41 Å². The number of hydrogen-bond acceptors (Lipinski definition) is 2. The summed E-state index contributed by atoms with van der Waals surface area (Å²) < 4.78 is 0. The Labute approximate surface area is 118 Å². The quantitative estimate of drug-likeness (QED) is 0.896. The van der Waals surface area contributed by atoms with Crippen molar-refractivity contribution in [2.75, 3.05) is 19.6 Å². The molecule has 1 aliphatic heterocycles. The molecular weight excluding hydrogens is 232 g/mol. The number of nitrogens with zero attached hydrogens (tertiary/aromatic N) is 1. The maximum absolute atomic E-state index is 6.28. The number of hydrogen-bond donors (Lipinski definition) is 1. The summed E-state index contributed by atoms with van der Waals surface area (Å²) in [4.78, 5) is 2.59. The van der Waals surface area contributed by atoms with Crippen LogP contribution >= 0.6 is 0 Å². The van der Waals surface area contributed by atoms with Gasteiger partial charge in [-0.05, 0) is 56.3 Å². The molecule has 0 spiro atoms. The summed E-state index contributed by atoms with van der Waals surface area (Å²) >= 11 is 0. The lowest BCUT2D eigenvalue weighted by Gasteiger charge is -2.24. The van der Waals surface area contributed by atoms with E-state index in [9.17, 15) is 0 Å². The number of rotatable bonds is 4. The largest absolute Gasteiger partial charge is 0.324 e. The lowest BCUT2D eigenvalue weighted by molar-refractivity contribution is 0.254. The minimum absolute atomic E-state index is 0.178. The van der Waals surface area contributed by atoms with Crippen LogP contribution in [0.3, 0.4) is 0 Å². The molecule has 2 nitrogen and oxygen atoms in total. The van der Waals surface area contributed by atoms with E-state index >= 15 is 0 Å². The molecule has 2 rings (SSSR count). The summed E-state index contributed by atoms with van der Waals surface area (Å²) in [5, 5.41) is 0. The average molecular weight is 260 g/mol. The molecule has 1 aromatic rings. The van der Waals surface area contributed by atoms with Gasteiger partial charge in [0.25, 0.3) is 0 Å². The van der Waals surface area contributed by atoms with Crippen molar-refractivity contribution in [2.45, 2.75) is 45.6 Å². The lowest BCUT2D eigenvalue weighted by atomic mass is 9.85. The highest BCUT2D eigenvalue weighted by Crippen LogP contribution is 2.30. The fourth-order valence-electron chi connectivity index (χ4n) is 2.89. The number of benzene rings is 1. The Hall–Kier alpha value is -0.860. The van der Waals surface area contributed by atoms with Crippen molar-refractivity contribution in [3.05, 3.63) is 35.9 Å². The fourth-order valence-corrected chi connectivity index (χ4v) is 2.89. The van der Waals surface area contributed by atoms with Crippen LogP contribution in [0.5, 0.6) is 0 Å². The highest BCUT2D eigenvalue weighted by atomic mass is 15.1. The van der Waals surface area contributed by atoms with Crippen molar-refractivity contribution in [3.8, 4) is 0 Å². The molecule has 1 unspecified atom stereocenters. The molecule has 1 saturated heterocycles. The normalized spacial score (nSPS) is 21.8. The molecule has 1 atom stereocenters. The van der Waals surface area contributed by atoms with Crippen LogP contribution in [0.2, 0.25) is 0 Å². The predicted molar refractivity (Wildman–Crippen MR) is 82.1 cm³/mol. The van der Waals surface area contributed by atoms with Crippen molar-refractivity contribution in [2.24, 2.45) is 11.1 Å². The van der Waals surface area contributed by atoms with Gasteiger partial charge >= 0.3 is 0 Å². The van der Waals surface area contributed by atoms with E-state index in [1.807, 2.05) is 6.07 Å². The van der Waals surface area contributed by atoms with Crippen molar-refractivity contribution in [3.63, 3.8) is 0 Å². The molecule has 0 radical (unpaired) electrons. The molecule has 19 heavy (non-hydrogen) atoms. The predicted octanol–water partition coefficient (Wildman–Crippen LogP) is 3.59. The minimum Gasteiger partial charge on any atom is -0.324 e. The zero-order chi connectivity index (χ0) is 13.7. The van der Waals surface area contributed by atoms with Crippen molar-refractivity contribution < 1.29 is 0 Å². The van der Waals surface area contributed by atoms with E-state index in [4.69, 9.17) is 5.73 Å². The summed E-state index contributed by atoms with van der Waals surface area (Å²) in [6, 6.07) is 10.6. The fraction of sp³-hybridized carbons (Fsp3) is 0.647. The first kappa shape index (κ1) is 14.5. The maximum atomic E-state index is 6.28.